The van der Waals surface area contributed by atoms with Crippen LogP contribution in [0.15, 0.2) is 53.3 Å². The smallest absolute Gasteiger partial charge is 0.349 e. The fraction of sp³-hybridized carbons (Fsp3) is 0.0769. The summed E-state index contributed by atoms with van der Waals surface area (Å²) in [6.45, 7) is 0. The second-order valence-electron chi connectivity index (χ2n) is 3.55. The van der Waals surface area contributed by atoms with E-state index in [0.717, 1.165) is 0 Å². The van der Waals surface area contributed by atoms with Crippen LogP contribution in [0.25, 0.3) is 0 Å². The van der Waals surface area contributed by atoms with Gasteiger partial charge in [-0.1, -0.05) is 30.3 Å². The summed E-state index contributed by atoms with van der Waals surface area (Å²) < 4.78 is 6.12. The fourth-order valence-electron chi connectivity index (χ4n) is 1.47. The molecule has 92 valence electrons. The molecule has 1 aromatic carbocycles. The molecule has 4 nitrogen and oxygen atoms in total. The number of carboxylic acids is 1. The Bertz CT molecular complexity index is 545. The molecule has 0 fully saturated rings. The van der Waals surface area contributed by atoms with Gasteiger partial charge in [-0.25, -0.2) is 4.79 Å². The highest BCUT2D eigenvalue weighted by atomic mass is 79.9. The normalized spacial score (nSPS) is 11.8. The van der Waals surface area contributed by atoms with Gasteiger partial charge in [0, 0.05) is 18.0 Å². The van der Waals surface area contributed by atoms with Crippen LogP contribution in [0.3, 0.4) is 0 Å². The summed E-state index contributed by atoms with van der Waals surface area (Å²) in [4.78, 5) is 15.2. The number of rotatable bonds is 4. The van der Waals surface area contributed by atoms with E-state index in [1.165, 1.54) is 0 Å². The van der Waals surface area contributed by atoms with Crippen molar-refractivity contribution >= 4 is 21.9 Å². The molecule has 5 heteroatoms. The third kappa shape index (κ3) is 2.87. The van der Waals surface area contributed by atoms with Crippen LogP contribution in [0, 0.1) is 0 Å². The molecule has 18 heavy (non-hydrogen) atoms. The van der Waals surface area contributed by atoms with Gasteiger partial charge in [0.2, 0.25) is 6.10 Å². The zero-order chi connectivity index (χ0) is 13.0. The summed E-state index contributed by atoms with van der Waals surface area (Å²) in [6.07, 6.45) is 2.06. The summed E-state index contributed by atoms with van der Waals surface area (Å²) in [6, 6.07) is 10.4. The van der Waals surface area contributed by atoms with Crippen LogP contribution < -0.4 is 4.74 Å². The van der Waals surface area contributed by atoms with Crippen LogP contribution in [0.1, 0.15) is 11.7 Å². The van der Waals surface area contributed by atoms with Gasteiger partial charge < -0.3 is 9.84 Å². The van der Waals surface area contributed by atoms with Gasteiger partial charge in [0.05, 0.1) is 4.47 Å². The predicted molar refractivity (Wildman–Crippen MR) is 69.4 cm³/mol. The number of pyridine rings is 1. The number of nitrogens with zero attached hydrogens (tertiary/aromatic N) is 1. The van der Waals surface area contributed by atoms with E-state index in [9.17, 15) is 9.90 Å². The average molecular weight is 308 g/mol. The molecule has 0 saturated heterocycles. The Kier molecular flexibility index (Phi) is 3.94. The zero-order valence-electron chi connectivity index (χ0n) is 9.29. The highest BCUT2D eigenvalue weighted by Gasteiger charge is 2.22. The van der Waals surface area contributed by atoms with Gasteiger partial charge in [0.15, 0.2) is 0 Å². The molecule has 0 saturated carbocycles. The minimum Gasteiger partial charge on any atom is -0.478 e. The van der Waals surface area contributed by atoms with Crippen molar-refractivity contribution in [2.24, 2.45) is 0 Å². The Morgan fingerprint density at radius 1 is 1.28 bits per heavy atom. The first-order valence-electron chi connectivity index (χ1n) is 5.22. The topological polar surface area (TPSA) is 59.4 Å². The first-order chi connectivity index (χ1) is 8.68. The Morgan fingerprint density at radius 3 is 2.61 bits per heavy atom. The summed E-state index contributed by atoms with van der Waals surface area (Å²) in [5.41, 5.74) is 0.591. The van der Waals surface area contributed by atoms with Gasteiger partial charge in [-0.2, -0.15) is 0 Å². The van der Waals surface area contributed by atoms with Crippen molar-refractivity contribution in [3.8, 4) is 5.75 Å². The van der Waals surface area contributed by atoms with E-state index in [1.807, 2.05) is 6.07 Å². The van der Waals surface area contributed by atoms with Crippen molar-refractivity contribution in [1.29, 1.82) is 0 Å². The molecule has 0 amide bonds. The van der Waals surface area contributed by atoms with Crippen LogP contribution in [0.4, 0.5) is 0 Å². The average Bonchev–Trinajstić information content (AvgIpc) is 2.38. The number of hydrogen-bond acceptors (Lipinski definition) is 3. The lowest BCUT2D eigenvalue weighted by Gasteiger charge is -2.16. The summed E-state index contributed by atoms with van der Waals surface area (Å²) in [5.74, 6) is -0.592. The maximum atomic E-state index is 11.3. The molecule has 0 spiro atoms. The minimum atomic E-state index is -1.04. The quantitative estimate of drug-likeness (QED) is 0.943. The van der Waals surface area contributed by atoms with Crippen molar-refractivity contribution < 1.29 is 14.6 Å². The van der Waals surface area contributed by atoms with Crippen LogP contribution in [-0.4, -0.2) is 16.1 Å². The van der Waals surface area contributed by atoms with Crippen LogP contribution in [-0.2, 0) is 4.79 Å². The SMILES string of the molecule is O=C(O)C(Oc1ccncc1Br)c1ccccc1. The van der Waals surface area contributed by atoms with Gasteiger partial charge in [0.1, 0.15) is 5.75 Å². The Morgan fingerprint density at radius 2 is 2.00 bits per heavy atom. The summed E-state index contributed by atoms with van der Waals surface area (Å²) >= 11 is 3.27. The van der Waals surface area contributed by atoms with Crippen LogP contribution in [0.2, 0.25) is 0 Å². The van der Waals surface area contributed by atoms with E-state index in [-0.39, 0.29) is 0 Å². The highest BCUT2D eigenvalue weighted by molar-refractivity contribution is 9.10. The molecule has 1 heterocycles. The lowest BCUT2D eigenvalue weighted by Crippen LogP contribution is -2.18. The number of ether oxygens (including phenoxy) is 1. The minimum absolute atomic E-state index is 0.446. The van der Waals surface area contributed by atoms with Crippen molar-refractivity contribution in [2.45, 2.75) is 6.10 Å². The molecule has 0 aliphatic rings. The molecule has 1 N–H and O–H groups in total. The third-order valence-corrected chi connectivity index (χ3v) is 2.90. The van der Waals surface area contributed by atoms with Crippen LogP contribution >= 0.6 is 15.9 Å². The molecule has 2 rings (SSSR count). The number of benzene rings is 1. The van der Waals surface area contributed by atoms with E-state index < -0.39 is 12.1 Å². The summed E-state index contributed by atoms with van der Waals surface area (Å²) in [7, 11) is 0. The second-order valence-corrected chi connectivity index (χ2v) is 4.41. The van der Waals surface area contributed by atoms with E-state index in [4.69, 9.17) is 4.74 Å². The van der Waals surface area contributed by atoms with E-state index >= 15 is 0 Å². The van der Waals surface area contributed by atoms with Crippen molar-refractivity contribution in [1.82, 2.24) is 4.98 Å². The van der Waals surface area contributed by atoms with Gasteiger partial charge in [0.25, 0.3) is 0 Å². The monoisotopic (exact) mass is 307 g/mol. The van der Waals surface area contributed by atoms with Gasteiger partial charge in [-0.15, -0.1) is 0 Å². The Hall–Kier alpha value is -1.88. The Labute approximate surface area is 112 Å². The number of halogens is 1. The van der Waals surface area contributed by atoms with E-state index in [2.05, 4.69) is 20.9 Å². The molecule has 1 aromatic heterocycles. The van der Waals surface area contributed by atoms with E-state index in [1.54, 1.807) is 42.7 Å². The molecule has 0 aliphatic carbocycles. The highest BCUT2D eigenvalue weighted by Crippen LogP contribution is 2.28. The first-order valence-corrected chi connectivity index (χ1v) is 6.01. The Balaban J connectivity index is 2.28. The van der Waals surface area contributed by atoms with Gasteiger partial charge in [-0.3, -0.25) is 4.98 Å². The van der Waals surface area contributed by atoms with Crippen LogP contribution in [0.5, 0.6) is 5.75 Å². The predicted octanol–water partition coefficient (Wildman–Crippen LogP) is 3.05. The van der Waals surface area contributed by atoms with Crippen molar-refractivity contribution in [3.05, 3.63) is 58.8 Å². The maximum absolute atomic E-state index is 11.3. The first kappa shape index (κ1) is 12.6. The molecular weight excluding hydrogens is 298 g/mol. The molecule has 0 radical (unpaired) electrons. The lowest BCUT2D eigenvalue weighted by atomic mass is 10.1. The molecule has 0 aliphatic heterocycles. The molecule has 2 aromatic rings. The fourth-order valence-corrected chi connectivity index (χ4v) is 1.82. The number of aliphatic carboxylic acids is 1. The second kappa shape index (κ2) is 5.64. The number of carbonyl (C=O) groups is 1. The standard InChI is InChI=1S/C13H10BrNO3/c14-10-8-15-7-6-11(10)18-12(13(16)17)9-4-2-1-3-5-9/h1-8,12H,(H,16,17). The number of aromatic nitrogens is 1. The van der Waals surface area contributed by atoms with Gasteiger partial charge >= 0.3 is 5.97 Å². The third-order valence-electron chi connectivity index (χ3n) is 2.31. The molecular formula is C13H10BrNO3. The molecule has 1 atom stereocenters. The van der Waals surface area contributed by atoms with Crippen molar-refractivity contribution in [2.75, 3.05) is 0 Å². The molecule has 0 bridgehead atoms. The number of hydrogen-bond donors (Lipinski definition) is 1. The van der Waals surface area contributed by atoms with E-state index in [0.29, 0.717) is 15.8 Å². The van der Waals surface area contributed by atoms with Gasteiger partial charge in [-0.05, 0) is 22.0 Å². The maximum Gasteiger partial charge on any atom is 0.349 e. The molecule has 1 unspecified atom stereocenters. The van der Waals surface area contributed by atoms with Crippen molar-refractivity contribution in [3.63, 3.8) is 0 Å². The summed E-state index contributed by atoms with van der Waals surface area (Å²) in [5, 5.41) is 9.22. The number of carboxylic acid groups (broad SMARTS) is 1. The lowest BCUT2D eigenvalue weighted by molar-refractivity contribution is -0.145. The zero-order valence-corrected chi connectivity index (χ0v) is 10.9. The largest absolute Gasteiger partial charge is 0.478 e.